The normalized spacial score (nSPS) is 16.6. The SMILES string of the molecule is CC[C@@H](Nc1c(Nc2ccc(Cl)c(S(C)(=O)=NC)c2N)c(=O)c1=O)C1=CC=C(C)C1. The van der Waals surface area contributed by atoms with Crippen LogP contribution < -0.4 is 27.2 Å². The van der Waals surface area contributed by atoms with Crippen LogP contribution in [0, 0.1) is 0 Å². The van der Waals surface area contributed by atoms with E-state index in [1.807, 2.05) is 13.0 Å². The highest BCUT2D eigenvalue weighted by molar-refractivity contribution is 7.93. The molecule has 7 nitrogen and oxygen atoms in total. The van der Waals surface area contributed by atoms with E-state index in [4.69, 9.17) is 17.3 Å². The average Bonchev–Trinajstić information content (AvgIpc) is 3.14. The molecule has 2 aromatic rings. The molecule has 2 aromatic carbocycles. The Balaban J connectivity index is 1.94. The Morgan fingerprint density at radius 3 is 2.47 bits per heavy atom. The molecular formula is C21H25ClN4O3S. The van der Waals surface area contributed by atoms with E-state index in [1.54, 1.807) is 6.07 Å². The van der Waals surface area contributed by atoms with Gasteiger partial charge in [-0.15, -0.1) is 0 Å². The van der Waals surface area contributed by atoms with Crippen LogP contribution in [0.25, 0.3) is 0 Å². The summed E-state index contributed by atoms with van der Waals surface area (Å²) in [6.45, 7) is 4.07. The predicted octanol–water partition coefficient (Wildman–Crippen LogP) is 3.82. The average molecular weight is 449 g/mol. The van der Waals surface area contributed by atoms with Crippen LogP contribution in [0.2, 0.25) is 5.02 Å². The highest BCUT2D eigenvalue weighted by Crippen LogP contribution is 2.36. The monoisotopic (exact) mass is 448 g/mol. The lowest BCUT2D eigenvalue weighted by molar-refractivity contribution is 0.680. The summed E-state index contributed by atoms with van der Waals surface area (Å²) in [7, 11) is -1.38. The number of nitrogen functional groups attached to an aromatic ring is 1. The quantitative estimate of drug-likeness (QED) is 0.438. The number of nitrogens with zero attached hydrogens (tertiary/aromatic N) is 1. The van der Waals surface area contributed by atoms with Crippen molar-refractivity contribution in [3.8, 4) is 0 Å². The fourth-order valence-electron chi connectivity index (χ4n) is 3.50. The van der Waals surface area contributed by atoms with Crippen molar-refractivity contribution in [2.24, 2.45) is 4.36 Å². The first kappa shape index (κ1) is 22.1. The number of allylic oxidation sites excluding steroid dienone is 3. The molecule has 9 heteroatoms. The van der Waals surface area contributed by atoms with E-state index < -0.39 is 20.6 Å². The van der Waals surface area contributed by atoms with Gasteiger partial charge in [0.25, 0.3) is 10.9 Å². The van der Waals surface area contributed by atoms with E-state index in [-0.39, 0.29) is 33.0 Å². The first-order valence-electron chi connectivity index (χ1n) is 9.52. The largest absolute Gasteiger partial charge is 0.396 e. The second-order valence-electron chi connectivity index (χ2n) is 7.39. The molecule has 0 saturated heterocycles. The first-order valence-corrected chi connectivity index (χ1v) is 11.8. The molecule has 160 valence electrons. The maximum Gasteiger partial charge on any atom is 0.253 e. The summed E-state index contributed by atoms with van der Waals surface area (Å²) in [6.07, 6.45) is 7.13. The van der Waals surface area contributed by atoms with Crippen molar-refractivity contribution in [1.29, 1.82) is 0 Å². The van der Waals surface area contributed by atoms with Crippen LogP contribution in [0.5, 0.6) is 0 Å². The Kier molecular flexibility index (Phi) is 6.10. The van der Waals surface area contributed by atoms with Gasteiger partial charge < -0.3 is 16.4 Å². The standard InChI is InChI=1S/C21H25ClN4O3S/c1-5-14(12-7-6-11(2)10-12)25-17-18(20(28)19(17)27)26-15-9-8-13(22)21(16(15)23)30(4,29)24-3/h6-9,14,25-26H,5,10,23H2,1-4H3/t14-,30?/m1/s1. The molecule has 2 atom stereocenters. The Morgan fingerprint density at radius 1 is 1.23 bits per heavy atom. The van der Waals surface area contributed by atoms with E-state index >= 15 is 0 Å². The van der Waals surface area contributed by atoms with Gasteiger partial charge in [-0.05, 0) is 37.5 Å². The van der Waals surface area contributed by atoms with Crippen molar-refractivity contribution < 1.29 is 4.21 Å². The number of nitrogens with two attached hydrogens (primary N) is 1. The Hall–Kier alpha value is -2.58. The lowest BCUT2D eigenvalue weighted by Gasteiger charge is -2.23. The van der Waals surface area contributed by atoms with Crippen molar-refractivity contribution in [1.82, 2.24) is 0 Å². The summed E-state index contributed by atoms with van der Waals surface area (Å²) in [5, 5.41) is 6.36. The molecule has 0 amide bonds. The number of benzene rings is 1. The smallest absolute Gasteiger partial charge is 0.253 e. The van der Waals surface area contributed by atoms with Gasteiger partial charge >= 0.3 is 0 Å². The van der Waals surface area contributed by atoms with Crippen molar-refractivity contribution in [3.63, 3.8) is 0 Å². The molecular weight excluding hydrogens is 424 g/mol. The van der Waals surface area contributed by atoms with Gasteiger partial charge in [0.2, 0.25) is 0 Å². The fourth-order valence-corrected chi connectivity index (χ4v) is 5.23. The number of halogens is 1. The second kappa shape index (κ2) is 8.28. The molecule has 1 aliphatic rings. The van der Waals surface area contributed by atoms with Crippen LogP contribution >= 0.6 is 11.6 Å². The highest BCUT2D eigenvalue weighted by Gasteiger charge is 2.26. The van der Waals surface area contributed by atoms with Gasteiger partial charge in [-0.3, -0.25) is 9.59 Å². The minimum absolute atomic E-state index is 0.0612. The molecule has 0 aliphatic heterocycles. The zero-order chi connectivity index (χ0) is 22.2. The number of anilines is 4. The van der Waals surface area contributed by atoms with Crippen LogP contribution in [0.1, 0.15) is 26.7 Å². The fraction of sp³-hybridized carbons (Fsp3) is 0.333. The van der Waals surface area contributed by atoms with Crippen LogP contribution in [-0.2, 0) is 9.73 Å². The molecule has 3 rings (SSSR count). The molecule has 0 spiro atoms. The molecule has 0 saturated carbocycles. The third-order valence-electron chi connectivity index (χ3n) is 5.28. The van der Waals surface area contributed by atoms with Gasteiger partial charge in [0.1, 0.15) is 11.4 Å². The molecule has 1 unspecified atom stereocenters. The van der Waals surface area contributed by atoms with Crippen LogP contribution in [-0.4, -0.2) is 23.6 Å². The molecule has 0 heterocycles. The van der Waals surface area contributed by atoms with Gasteiger partial charge in [0, 0.05) is 19.3 Å². The van der Waals surface area contributed by atoms with Gasteiger partial charge in [0.05, 0.1) is 31.0 Å². The summed E-state index contributed by atoms with van der Waals surface area (Å²) in [6, 6.07) is 3.06. The van der Waals surface area contributed by atoms with Gasteiger partial charge in [-0.25, -0.2) is 8.57 Å². The Morgan fingerprint density at radius 2 is 1.90 bits per heavy atom. The summed E-state index contributed by atoms with van der Waals surface area (Å²) >= 11 is 6.20. The first-order chi connectivity index (χ1) is 14.1. The lowest BCUT2D eigenvalue weighted by atomic mass is 10.0. The second-order valence-corrected chi connectivity index (χ2v) is 10.2. The molecule has 0 fully saturated rings. The topological polar surface area (TPSA) is 114 Å². The number of hydrogen-bond acceptors (Lipinski definition) is 7. The van der Waals surface area contributed by atoms with E-state index in [1.165, 1.54) is 24.9 Å². The van der Waals surface area contributed by atoms with E-state index in [0.29, 0.717) is 5.69 Å². The molecule has 30 heavy (non-hydrogen) atoms. The minimum Gasteiger partial charge on any atom is -0.396 e. The van der Waals surface area contributed by atoms with Gasteiger partial charge in [-0.1, -0.05) is 36.2 Å². The van der Waals surface area contributed by atoms with Crippen molar-refractivity contribution in [2.75, 3.05) is 29.7 Å². The number of rotatable bonds is 7. The predicted molar refractivity (Wildman–Crippen MR) is 125 cm³/mol. The van der Waals surface area contributed by atoms with Crippen LogP contribution in [0.4, 0.5) is 22.7 Å². The van der Waals surface area contributed by atoms with E-state index in [2.05, 4.69) is 28.0 Å². The summed E-state index contributed by atoms with van der Waals surface area (Å²) < 4.78 is 16.6. The van der Waals surface area contributed by atoms with E-state index in [9.17, 15) is 13.8 Å². The van der Waals surface area contributed by atoms with E-state index in [0.717, 1.165) is 18.4 Å². The lowest BCUT2D eigenvalue weighted by Crippen LogP contribution is -2.39. The number of hydrogen-bond donors (Lipinski definition) is 3. The molecule has 0 aromatic heterocycles. The van der Waals surface area contributed by atoms with Gasteiger partial charge in [0.15, 0.2) is 0 Å². The molecule has 4 N–H and O–H groups in total. The van der Waals surface area contributed by atoms with Gasteiger partial charge in [-0.2, -0.15) is 0 Å². The minimum atomic E-state index is -2.80. The Labute approximate surface area is 180 Å². The highest BCUT2D eigenvalue weighted by atomic mass is 35.5. The van der Waals surface area contributed by atoms with Crippen LogP contribution in [0.3, 0.4) is 0 Å². The third kappa shape index (κ3) is 3.89. The molecule has 1 aliphatic carbocycles. The third-order valence-corrected chi connectivity index (χ3v) is 7.61. The zero-order valence-electron chi connectivity index (χ0n) is 17.3. The summed E-state index contributed by atoms with van der Waals surface area (Å²) in [5.74, 6) is 0. The number of nitrogens with one attached hydrogen (secondary N) is 2. The Bertz CT molecular complexity index is 1260. The zero-order valence-corrected chi connectivity index (χ0v) is 18.9. The maximum absolute atomic E-state index is 12.7. The van der Waals surface area contributed by atoms with Crippen LogP contribution in [0.15, 0.2) is 54.3 Å². The maximum atomic E-state index is 12.7. The van der Waals surface area contributed by atoms with Crippen molar-refractivity contribution >= 4 is 44.1 Å². The van der Waals surface area contributed by atoms with Crippen molar-refractivity contribution in [3.05, 3.63) is 60.9 Å². The molecule has 0 bridgehead atoms. The summed E-state index contributed by atoms with van der Waals surface area (Å²) in [4.78, 5) is 24.7. The molecule has 0 radical (unpaired) electrons. The van der Waals surface area contributed by atoms with Crippen molar-refractivity contribution in [2.45, 2.75) is 37.6 Å². The summed E-state index contributed by atoms with van der Waals surface area (Å²) in [5.41, 5.74) is 8.24.